The van der Waals surface area contributed by atoms with Crippen LogP contribution in [0.5, 0.6) is 0 Å². The zero-order valence-corrected chi connectivity index (χ0v) is 7.41. The van der Waals surface area contributed by atoms with E-state index in [4.69, 9.17) is 0 Å². The van der Waals surface area contributed by atoms with Crippen LogP contribution in [-0.2, 0) is 9.59 Å². The molecule has 1 heterocycles. The minimum absolute atomic E-state index is 0.161. The molecule has 1 aliphatic heterocycles. The van der Waals surface area contributed by atoms with E-state index in [0.717, 1.165) is 0 Å². The van der Waals surface area contributed by atoms with Gasteiger partial charge in [0.05, 0.1) is 11.3 Å². The highest BCUT2D eigenvalue weighted by Crippen LogP contribution is 2.40. The summed E-state index contributed by atoms with van der Waals surface area (Å²) in [4.78, 5) is 22.9. The van der Waals surface area contributed by atoms with Crippen LogP contribution in [0.4, 0.5) is 0 Å². The molecule has 0 aromatic rings. The molecule has 0 bridgehead atoms. The maximum absolute atomic E-state index is 11.6. The lowest BCUT2D eigenvalue weighted by atomic mass is 9.73. The summed E-state index contributed by atoms with van der Waals surface area (Å²) in [6.07, 6.45) is 7.94. The average Bonchev–Trinajstić information content (AvgIpc) is 2.41. The predicted molar refractivity (Wildman–Crippen MR) is 47.6 cm³/mol. The van der Waals surface area contributed by atoms with Crippen molar-refractivity contribution in [3.05, 3.63) is 24.3 Å². The summed E-state index contributed by atoms with van der Waals surface area (Å²) in [6, 6.07) is 0. The third-order valence-electron chi connectivity index (χ3n) is 2.89. The number of fused-ring (bicyclic) bond motifs is 1. The first-order chi connectivity index (χ1) is 6.20. The Balaban J connectivity index is 2.49. The SMILES string of the molecule is CCC12C=CC=CC1C(=O)NC2=O. The van der Waals surface area contributed by atoms with E-state index in [0.29, 0.717) is 6.42 Å². The standard InChI is InChI=1S/C10H11NO2/c1-2-10-6-4-3-5-7(10)8(12)11-9(10)13/h3-7H,2H2,1H3,(H,11,12,13). The molecule has 1 fully saturated rings. The quantitative estimate of drug-likeness (QED) is 0.602. The Bertz CT molecular complexity index is 330. The molecule has 13 heavy (non-hydrogen) atoms. The molecule has 2 unspecified atom stereocenters. The van der Waals surface area contributed by atoms with E-state index >= 15 is 0 Å². The molecular formula is C10H11NO2. The molecule has 2 amide bonds. The number of carbonyl (C=O) groups is 2. The van der Waals surface area contributed by atoms with E-state index in [9.17, 15) is 9.59 Å². The second kappa shape index (κ2) is 2.55. The van der Waals surface area contributed by atoms with Crippen molar-refractivity contribution in [2.45, 2.75) is 13.3 Å². The Kier molecular flexibility index (Phi) is 1.62. The fraction of sp³-hybridized carbons (Fsp3) is 0.400. The van der Waals surface area contributed by atoms with Gasteiger partial charge in [0.1, 0.15) is 0 Å². The summed E-state index contributed by atoms with van der Waals surface area (Å²) < 4.78 is 0. The zero-order chi connectivity index (χ0) is 9.47. The first-order valence-electron chi connectivity index (χ1n) is 4.42. The van der Waals surface area contributed by atoms with Crippen LogP contribution in [0.25, 0.3) is 0 Å². The summed E-state index contributed by atoms with van der Waals surface area (Å²) in [5.41, 5.74) is -0.605. The van der Waals surface area contributed by atoms with Gasteiger partial charge >= 0.3 is 0 Å². The van der Waals surface area contributed by atoms with Gasteiger partial charge in [-0.05, 0) is 6.42 Å². The number of hydrogen-bond donors (Lipinski definition) is 1. The van der Waals surface area contributed by atoms with Gasteiger partial charge in [0.2, 0.25) is 11.8 Å². The third kappa shape index (κ3) is 0.899. The second-order valence-corrected chi connectivity index (χ2v) is 3.43. The Morgan fingerprint density at radius 1 is 1.46 bits per heavy atom. The van der Waals surface area contributed by atoms with Crippen molar-refractivity contribution < 1.29 is 9.59 Å². The van der Waals surface area contributed by atoms with Crippen LogP contribution in [0.15, 0.2) is 24.3 Å². The molecule has 0 radical (unpaired) electrons. The maximum atomic E-state index is 11.6. The summed E-state index contributed by atoms with van der Waals surface area (Å²) >= 11 is 0. The molecule has 2 aliphatic rings. The number of carbonyl (C=O) groups excluding carboxylic acids is 2. The van der Waals surface area contributed by atoms with Gasteiger partial charge in [-0.2, -0.15) is 0 Å². The molecule has 0 saturated carbocycles. The Labute approximate surface area is 76.5 Å². The fourth-order valence-electron chi connectivity index (χ4n) is 2.02. The van der Waals surface area contributed by atoms with Crippen LogP contribution in [0.2, 0.25) is 0 Å². The van der Waals surface area contributed by atoms with Crippen LogP contribution in [0, 0.1) is 11.3 Å². The molecule has 2 rings (SSSR count). The Hall–Kier alpha value is -1.38. The molecule has 0 aromatic carbocycles. The molecule has 3 heteroatoms. The van der Waals surface area contributed by atoms with Crippen LogP contribution < -0.4 is 5.32 Å². The van der Waals surface area contributed by atoms with Crippen LogP contribution in [0.3, 0.4) is 0 Å². The summed E-state index contributed by atoms with van der Waals surface area (Å²) in [7, 11) is 0. The second-order valence-electron chi connectivity index (χ2n) is 3.43. The maximum Gasteiger partial charge on any atom is 0.237 e. The monoisotopic (exact) mass is 177 g/mol. The van der Waals surface area contributed by atoms with Gasteiger partial charge < -0.3 is 0 Å². The molecule has 3 nitrogen and oxygen atoms in total. The number of rotatable bonds is 1. The molecule has 1 saturated heterocycles. The lowest BCUT2D eigenvalue weighted by molar-refractivity contribution is -0.127. The van der Waals surface area contributed by atoms with E-state index in [-0.39, 0.29) is 17.7 Å². The predicted octanol–water partition coefficient (Wildman–Crippen LogP) is 0.781. The smallest absolute Gasteiger partial charge is 0.237 e. The normalized spacial score (nSPS) is 36.2. The summed E-state index contributed by atoms with van der Waals surface area (Å²) in [5, 5.41) is 2.37. The lowest BCUT2D eigenvalue weighted by Gasteiger charge is -2.26. The van der Waals surface area contributed by atoms with Crippen molar-refractivity contribution in [2.75, 3.05) is 0 Å². The highest BCUT2D eigenvalue weighted by molar-refractivity contribution is 6.09. The van der Waals surface area contributed by atoms with Gasteiger partial charge in [-0.1, -0.05) is 31.2 Å². The average molecular weight is 177 g/mol. The molecule has 0 spiro atoms. The van der Waals surface area contributed by atoms with E-state index in [1.165, 1.54) is 0 Å². The topological polar surface area (TPSA) is 46.2 Å². The molecule has 0 aromatic heterocycles. The van der Waals surface area contributed by atoms with Gasteiger partial charge in [0.15, 0.2) is 0 Å². The van der Waals surface area contributed by atoms with Crippen LogP contribution in [-0.4, -0.2) is 11.8 Å². The van der Waals surface area contributed by atoms with E-state index < -0.39 is 5.41 Å². The first kappa shape index (κ1) is 8.23. The molecule has 1 aliphatic carbocycles. The first-order valence-corrected chi connectivity index (χ1v) is 4.42. The number of hydrogen-bond acceptors (Lipinski definition) is 2. The van der Waals surface area contributed by atoms with Crippen molar-refractivity contribution >= 4 is 11.8 Å². The Morgan fingerprint density at radius 2 is 2.23 bits per heavy atom. The summed E-state index contributed by atoms with van der Waals surface area (Å²) in [6.45, 7) is 1.93. The van der Waals surface area contributed by atoms with E-state index in [1.54, 1.807) is 6.08 Å². The van der Waals surface area contributed by atoms with Crippen LogP contribution >= 0.6 is 0 Å². The van der Waals surface area contributed by atoms with Crippen molar-refractivity contribution in [1.82, 2.24) is 5.32 Å². The molecule has 2 atom stereocenters. The number of imide groups is 1. The molecule has 68 valence electrons. The summed E-state index contributed by atoms with van der Waals surface area (Å²) in [5.74, 6) is -0.631. The minimum Gasteiger partial charge on any atom is -0.295 e. The minimum atomic E-state index is -0.605. The highest BCUT2D eigenvalue weighted by atomic mass is 16.2. The lowest BCUT2D eigenvalue weighted by Crippen LogP contribution is -2.32. The van der Waals surface area contributed by atoms with Gasteiger partial charge in [-0.15, -0.1) is 0 Å². The van der Waals surface area contributed by atoms with Gasteiger partial charge in [0, 0.05) is 0 Å². The molecule has 1 N–H and O–H groups in total. The van der Waals surface area contributed by atoms with E-state index in [1.807, 2.05) is 25.2 Å². The number of nitrogens with one attached hydrogen (secondary N) is 1. The van der Waals surface area contributed by atoms with Crippen molar-refractivity contribution in [1.29, 1.82) is 0 Å². The largest absolute Gasteiger partial charge is 0.295 e. The fourth-order valence-corrected chi connectivity index (χ4v) is 2.02. The highest BCUT2D eigenvalue weighted by Gasteiger charge is 2.51. The third-order valence-corrected chi connectivity index (χ3v) is 2.89. The number of allylic oxidation sites excluding steroid dienone is 2. The van der Waals surface area contributed by atoms with Gasteiger partial charge in [-0.25, -0.2) is 0 Å². The molecular weight excluding hydrogens is 166 g/mol. The van der Waals surface area contributed by atoms with E-state index in [2.05, 4.69) is 5.32 Å². The van der Waals surface area contributed by atoms with Crippen molar-refractivity contribution in [3.8, 4) is 0 Å². The van der Waals surface area contributed by atoms with Crippen LogP contribution in [0.1, 0.15) is 13.3 Å². The Morgan fingerprint density at radius 3 is 2.85 bits per heavy atom. The van der Waals surface area contributed by atoms with Crippen molar-refractivity contribution in [2.24, 2.45) is 11.3 Å². The number of amides is 2. The van der Waals surface area contributed by atoms with Gasteiger partial charge in [-0.3, -0.25) is 14.9 Å². The van der Waals surface area contributed by atoms with Gasteiger partial charge in [0.25, 0.3) is 0 Å². The van der Waals surface area contributed by atoms with Crippen molar-refractivity contribution in [3.63, 3.8) is 0 Å². The zero-order valence-electron chi connectivity index (χ0n) is 7.41.